The molecular formula is C14H16N4O. The van der Waals surface area contributed by atoms with Crippen molar-refractivity contribution in [3.63, 3.8) is 0 Å². The first-order valence-corrected chi connectivity index (χ1v) is 6.87. The van der Waals surface area contributed by atoms with Crippen molar-refractivity contribution in [2.24, 2.45) is 4.99 Å². The van der Waals surface area contributed by atoms with Crippen LogP contribution in [0.2, 0.25) is 0 Å². The van der Waals surface area contributed by atoms with E-state index in [1.54, 1.807) is 6.20 Å². The highest BCUT2D eigenvalue weighted by Gasteiger charge is 2.46. The number of anilines is 1. The summed E-state index contributed by atoms with van der Waals surface area (Å²) in [4.78, 5) is 25.6. The van der Waals surface area contributed by atoms with Crippen molar-refractivity contribution in [3.05, 3.63) is 23.9 Å². The van der Waals surface area contributed by atoms with Gasteiger partial charge in [-0.15, -0.1) is 0 Å². The first-order chi connectivity index (χ1) is 9.27. The number of hydrogen-bond acceptors (Lipinski definition) is 4. The maximum absolute atomic E-state index is 12.7. The Morgan fingerprint density at radius 3 is 3.05 bits per heavy atom. The van der Waals surface area contributed by atoms with E-state index in [-0.39, 0.29) is 18.0 Å². The number of guanidine groups is 1. The van der Waals surface area contributed by atoms with E-state index in [1.807, 2.05) is 29.0 Å². The average molecular weight is 256 g/mol. The van der Waals surface area contributed by atoms with Gasteiger partial charge in [0.1, 0.15) is 5.82 Å². The summed E-state index contributed by atoms with van der Waals surface area (Å²) < 4.78 is 0. The molecule has 4 rings (SSSR count). The van der Waals surface area contributed by atoms with Gasteiger partial charge < -0.3 is 0 Å². The van der Waals surface area contributed by atoms with Crippen molar-refractivity contribution in [2.45, 2.75) is 37.8 Å². The molecule has 98 valence electrons. The lowest BCUT2D eigenvalue weighted by atomic mass is 9.90. The van der Waals surface area contributed by atoms with Gasteiger partial charge in [-0.1, -0.05) is 12.8 Å². The van der Waals surface area contributed by atoms with Crippen molar-refractivity contribution in [3.8, 4) is 0 Å². The zero-order valence-electron chi connectivity index (χ0n) is 10.9. The maximum atomic E-state index is 12.7. The highest BCUT2D eigenvalue weighted by molar-refractivity contribution is 6.18. The number of pyridine rings is 1. The van der Waals surface area contributed by atoms with Crippen LogP contribution in [-0.4, -0.2) is 40.9 Å². The van der Waals surface area contributed by atoms with Crippen molar-refractivity contribution >= 4 is 17.7 Å². The fourth-order valence-corrected chi connectivity index (χ4v) is 3.45. The molecule has 1 aromatic rings. The number of hydrogen-bond donors (Lipinski definition) is 0. The van der Waals surface area contributed by atoms with E-state index < -0.39 is 0 Å². The minimum absolute atomic E-state index is 0.0642. The first-order valence-electron chi connectivity index (χ1n) is 6.87. The predicted molar refractivity (Wildman–Crippen MR) is 72.3 cm³/mol. The van der Waals surface area contributed by atoms with E-state index in [0.29, 0.717) is 5.56 Å². The molecule has 3 heterocycles. The highest BCUT2D eigenvalue weighted by atomic mass is 16.2. The number of carbonyl (C=O) groups excluding carboxylic acids is 1. The van der Waals surface area contributed by atoms with Crippen molar-refractivity contribution < 1.29 is 4.79 Å². The number of carbonyl (C=O) groups is 1. The van der Waals surface area contributed by atoms with Gasteiger partial charge in [-0.25, -0.2) is 9.98 Å². The van der Waals surface area contributed by atoms with Crippen molar-refractivity contribution in [1.82, 2.24) is 9.88 Å². The topological polar surface area (TPSA) is 48.8 Å². The average Bonchev–Trinajstić information content (AvgIpc) is 2.84. The van der Waals surface area contributed by atoms with Crippen LogP contribution in [0.1, 0.15) is 36.0 Å². The summed E-state index contributed by atoms with van der Waals surface area (Å²) in [6, 6.07) is 4.21. The largest absolute Gasteiger partial charge is 0.299 e. The van der Waals surface area contributed by atoms with Gasteiger partial charge in [0.25, 0.3) is 5.91 Å². The molecule has 3 aliphatic rings. The Labute approximate surface area is 111 Å². The molecule has 0 unspecified atom stereocenters. The number of amides is 1. The van der Waals surface area contributed by atoms with Crippen LogP contribution in [0.15, 0.2) is 23.3 Å². The van der Waals surface area contributed by atoms with Gasteiger partial charge in [-0.3, -0.25) is 14.6 Å². The molecule has 1 aliphatic carbocycles. The van der Waals surface area contributed by atoms with Gasteiger partial charge in [-0.05, 0) is 25.0 Å². The lowest BCUT2D eigenvalue weighted by Gasteiger charge is -2.37. The number of rotatable bonds is 0. The van der Waals surface area contributed by atoms with Crippen LogP contribution in [0, 0.1) is 0 Å². The Morgan fingerprint density at radius 2 is 2.16 bits per heavy atom. The van der Waals surface area contributed by atoms with E-state index in [1.165, 1.54) is 12.8 Å². The third-order valence-electron chi connectivity index (χ3n) is 4.38. The molecule has 1 fully saturated rings. The van der Waals surface area contributed by atoms with Crippen LogP contribution in [0.5, 0.6) is 0 Å². The Bertz CT molecular complexity index is 583. The molecule has 0 bridgehead atoms. The monoisotopic (exact) mass is 256 g/mol. The smallest absolute Gasteiger partial charge is 0.264 e. The Morgan fingerprint density at radius 1 is 1.32 bits per heavy atom. The quantitative estimate of drug-likeness (QED) is 0.709. The lowest BCUT2D eigenvalue weighted by Crippen LogP contribution is -2.53. The second kappa shape index (κ2) is 3.79. The minimum Gasteiger partial charge on any atom is -0.299 e. The molecule has 0 aromatic carbocycles. The second-order valence-corrected chi connectivity index (χ2v) is 5.46. The van der Waals surface area contributed by atoms with Gasteiger partial charge in [0.2, 0.25) is 5.96 Å². The van der Waals surface area contributed by atoms with Gasteiger partial charge in [0.15, 0.2) is 0 Å². The van der Waals surface area contributed by atoms with Crippen LogP contribution in [0.4, 0.5) is 5.82 Å². The zero-order valence-corrected chi connectivity index (χ0v) is 10.9. The lowest BCUT2D eigenvalue weighted by molar-refractivity contribution is 0.0778. The summed E-state index contributed by atoms with van der Waals surface area (Å²) in [5.41, 5.74) is 0.690. The number of nitrogens with zero attached hydrogens (tertiary/aromatic N) is 4. The Balaban J connectivity index is 1.84. The number of aromatic nitrogens is 1. The Hall–Kier alpha value is -1.91. The van der Waals surface area contributed by atoms with E-state index in [2.05, 4.69) is 4.98 Å². The maximum Gasteiger partial charge on any atom is 0.264 e. The van der Waals surface area contributed by atoms with Crippen LogP contribution in [0.25, 0.3) is 0 Å². The molecule has 1 saturated carbocycles. The second-order valence-electron chi connectivity index (χ2n) is 5.46. The van der Waals surface area contributed by atoms with E-state index >= 15 is 0 Å². The standard InChI is InChI=1S/C14H16N4O/c1-17-12-9(5-4-8-15-12)13(19)18-11-7-3-2-6-10(11)16-14(17)18/h4-5,8,10-11H,2-3,6-7H2,1H3/t10-,11+/m1/s1. The molecule has 0 N–H and O–H groups in total. The molecule has 2 atom stereocenters. The van der Waals surface area contributed by atoms with Crippen LogP contribution in [0.3, 0.4) is 0 Å². The highest BCUT2D eigenvalue weighted by Crippen LogP contribution is 2.36. The number of aliphatic imine (C=N–C) groups is 1. The summed E-state index contributed by atoms with van der Waals surface area (Å²) in [6.07, 6.45) is 6.29. The summed E-state index contributed by atoms with van der Waals surface area (Å²) in [5.74, 6) is 1.57. The minimum atomic E-state index is 0.0642. The van der Waals surface area contributed by atoms with E-state index in [4.69, 9.17) is 4.99 Å². The molecule has 5 heteroatoms. The van der Waals surface area contributed by atoms with E-state index in [0.717, 1.165) is 24.6 Å². The van der Waals surface area contributed by atoms with Gasteiger partial charge >= 0.3 is 0 Å². The molecule has 1 aromatic heterocycles. The molecule has 1 amide bonds. The molecule has 5 nitrogen and oxygen atoms in total. The SMILES string of the molecule is CN1C2=N[C@@H]3CCCC[C@@H]3N2C(=O)c2cccnc21. The zero-order chi connectivity index (χ0) is 13.0. The first kappa shape index (κ1) is 11.0. The van der Waals surface area contributed by atoms with Gasteiger partial charge in [-0.2, -0.15) is 0 Å². The van der Waals surface area contributed by atoms with Gasteiger partial charge in [0, 0.05) is 13.2 Å². The summed E-state index contributed by atoms with van der Waals surface area (Å²) >= 11 is 0. The fourth-order valence-electron chi connectivity index (χ4n) is 3.45. The van der Waals surface area contributed by atoms with Crippen LogP contribution >= 0.6 is 0 Å². The van der Waals surface area contributed by atoms with Crippen LogP contribution in [-0.2, 0) is 0 Å². The van der Waals surface area contributed by atoms with E-state index in [9.17, 15) is 4.79 Å². The van der Waals surface area contributed by atoms with Crippen molar-refractivity contribution in [1.29, 1.82) is 0 Å². The molecular weight excluding hydrogens is 240 g/mol. The van der Waals surface area contributed by atoms with Crippen LogP contribution < -0.4 is 4.90 Å². The molecule has 0 spiro atoms. The fraction of sp³-hybridized carbons (Fsp3) is 0.500. The molecule has 0 saturated heterocycles. The third-order valence-corrected chi connectivity index (χ3v) is 4.38. The normalized spacial score (nSPS) is 28.7. The third kappa shape index (κ3) is 1.38. The van der Waals surface area contributed by atoms with Crippen molar-refractivity contribution in [2.75, 3.05) is 11.9 Å². The summed E-state index contributed by atoms with van der Waals surface area (Å²) in [5, 5.41) is 0. The molecule has 19 heavy (non-hydrogen) atoms. The summed E-state index contributed by atoms with van der Waals surface area (Å²) in [6.45, 7) is 0. The number of fused-ring (bicyclic) bond motifs is 4. The predicted octanol–water partition coefficient (Wildman–Crippen LogP) is 1.65. The molecule has 2 aliphatic heterocycles. The molecule has 0 radical (unpaired) electrons. The Kier molecular flexibility index (Phi) is 2.19. The summed E-state index contributed by atoms with van der Waals surface area (Å²) in [7, 11) is 1.95. The van der Waals surface area contributed by atoms with Gasteiger partial charge in [0.05, 0.1) is 17.6 Å².